The van der Waals surface area contributed by atoms with Crippen LogP contribution in [0.15, 0.2) is 59.1 Å². The topological polar surface area (TPSA) is 58.1 Å². The average Bonchev–Trinajstić information content (AvgIpc) is 2.76. The highest BCUT2D eigenvalue weighted by molar-refractivity contribution is 9.10. The van der Waals surface area contributed by atoms with E-state index < -0.39 is 5.82 Å². The molecule has 1 amide bonds. The predicted molar refractivity (Wildman–Crippen MR) is 115 cm³/mol. The molecule has 0 aliphatic carbocycles. The third-order valence-corrected chi connectivity index (χ3v) is 5.59. The van der Waals surface area contributed by atoms with Crippen molar-refractivity contribution in [2.75, 3.05) is 23.3 Å². The second-order valence-corrected chi connectivity index (χ2v) is 8.10. The van der Waals surface area contributed by atoms with Crippen molar-refractivity contribution in [2.45, 2.75) is 12.8 Å². The molecule has 4 rings (SSSR count). The number of nitrogens with zero attached hydrogens (tertiary/aromatic N) is 3. The number of hydrogen-bond donors (Lipinski definition) is 1. The molecule has 3 aromatic rings. The maximum Gasteiger partial charge on any atom is 0.229 e. The molecule has 1 fully saturated rings. The van der Waals surface area contributed by atoms with Crippen molar-refractivity contribution < 1.29 is 13.6 Å². The molecule has 1 N–H and O–H groups in total. The Bertz CT molecular complexity index is 1040. The molecule has 5 nitrogen and oxygen atoms in total. The van der Waals surface area contributed by atoms with E-state index in [1.54, 1.807) is 18.2 Å². The van der Waals surface area contributed by atoms with Crippen LogP contribution in [0.1, 0.15) is 12.8 Å². The van der Waals surface area contributed by atoms with E-state index in [9.17, 15) is 13.6 Å². The van der Waals surface area contributed by atoms with Crippen molar-refractivity contribution in [3.05, 3.63) is 70.7 Å². The summed E-state index contributed by atoms with van der Waals surface area (Å²) in [6.45, 7) is 1.25. The van der Waals surface area contributed by atoms with Crippen LogP contribution in [0, 0.1) is 17.6 Å². The zero-order valence-corrected chi connectivity index (χ0v) is 17.6. The number of benzene rings is 2. The molecule has 1 atom stereocenters. The number of rotatable bonds is 4. The van der Waals surface area contributed by atoms with E-state index in [1.165, 1.54) is 24.3 Å². The van der Waals surface area contributed by atoms with Gasteiger partial charge in [-0.15, -0.1) is 10.2 Å². The second-order valence-electron chi connectivity index (χ2n) is 7.18. The molecule has 154 valence electrons. The molecule has 1 saturated heterocycles. The summed E-state index contributed by atoms with van der Waals surface area (Å²) in [4.78, 5) is 14.7. The number of hydrogen-bond acceptors (Lipinski definition) is 4. The van der Waals surface area contributed by atoms with Crippen LogP contribution in [0.25, 0.3) is 11.3 Å². The molecule has 1 aliphatic rings. The molecule has 0 radical (unpaired) electrons. The van der Waals surface area contributed by atoms with Crippen LogP contribution >= 0.6 is 15.9 Å². The monoisotopic (exact) mass is 472 g/mol. The molecule has 1 aromatic heterocycles. The lowest BCUT2D eigenvalue weighted by Crippen LogP contribution is -2.41. The number of nitrogens with one attached hydrogen (secondary N) is 1. The molecule has 0 spiro atoms. The molecule has 1 unspecified atom stereocenters. The Morgan fingerprint density at radius 2 is 1.87 bits per heavy atom. The summed E-state index contributed by atoms with van der Waals surface area (Å²) in [6, 6.07) is 14.3. The number of carbonyl (C=O) groups is 1. The first-order chi connectivity index (χ1) is 14.5. The van der Waals surface area contributed by atoms with Gasteiger partial charge in [-0.05, 0) is 67.4 Å². The fourth-order valence-corrected chi connectivity index (χ4v) is 3.83. The number of piperidine rings is 1. The second kappa shape index (κ2) is 8.87. The van der Waals surface area contributed by atoms with Gasteiger partial charge >= 0.3 is 0 Å². The first kappa shape index (κ1) is 20.4. The minimum absolute atomic E-state index is 0.170. The summed E-state index contributed by atoms with van der Waals surface area (Å²) in [5.41, 5.74) is 1.60. The lowest BCUT2D eigenvalue weighted by molar-refractivity contribution is -0.120. The van der Waals surface area contributed by atoms with Crippen LogP contribution < -0.4 is 10.2 Å². The normalized spacial score (nSPS) is 16.4. The lowest BCUT2D eigenvalue weighted by Gasteiger charge is -2.32. The highest BCUT2D eigenvalue weighted by Crippen LogP contribution is 2.25. The summed E-state index contributed by atoms with van der Waals surface area (Å²) in [6.07, 6.45) is 1.55. The van der Waals surface area contributed by atoms with E-state index in [4.69, 9.17) is 0 Å². The minimum atomic E-state index is -0.479. The van der Waals surface area contributed by atoms with Crippen molar-refractivity contribution in [2.24, 2.45) is 5.92 Å². The van der Waals surface area contributed by atoms with Gasteiger partial charge in [0.2, 0.25) is 5.91 Å². The first-order valence-electron chi connectivity index (χ1n) is 9.60. The van der Waals surface area contributed by atoms with Crippen LogP contribution in [0.3, 0.4) is 0 Å². The number of carbonyl (C=O) groups excluding carboxylic acids is 1. The fraction of sp³-hybridized carbons (Fsp3) is 0.227. The van der Waals surface area contributed by atoms with Crippen molar-refractivity contribution in [1.29, 1.82) is 0 Å². The Balaban J connectivity index is 1.43. The predicted octanol–water partition coefficient (Wildman–Crippen LogP) is 5.04. The summed E-state index contributed by atoms with van der Waals surface area (Å²) in [5.74, 6) is -0.595. The maximum absolute atomic E-state index is 14.0. The number of halogens is 3. The van der Waals surface area contributed by atoms with Gasteiger partial charge in [-0.3, -0.25) is 4.79 Å². The zero-order chi connectivity index (χ0) is 21.1. The molecule has 2 aromatic carbocycles. The van der Waals surface area contributed by atoms with E-state index in [1.807, 2.05) is 17.0 Å². The van der Waals surface area contributed by atoms with E-state index in [0.717, 1.165) is 24.9 Å². The Kier molecular flexibility index (Phi) is 6.03. The maximum atomic E-state index is 14.0. The lowest BCUT2D eigenvalue weighted by atomic mass is 9.97. The highest BCUT2D eigenvalue weighted by atomic mass is 79.9. The molecule has 8 heteroatoms. The molecule has 0 bridgehead atoms. The Labute approximate surface area is 181 Å². The van der Waals surface area contributed by atoms with E-state index >= 15 is 0 Å². The van der Waals surface area contributed by atoms with Gasteiger partial charge < -0.3 is 10.2 Å². The van der Waals surface area contributed by atoms with Crippen LogP contribution in [0.5, 0.6) is 0 Å². The van der Waals surface area contributed by atoms with Gasteiger partial charge in [0.05, 0.1) is 17.3 Å². The summed E-state index contributed by atoms with van der Waals surface area (Å²) >= 11 is 3.21. The van der Waals surface area contributed by atoms with Gasteiger partial charge in [0.15, 0.2) is 5.82 Å². The first-order valence-corrected chi connectivity index (χ1v) is 10.4. The van der Waals surface area contributed by atoms with Crippen LogP contribution in [-0.2, 0) is 4.79 Å². The summed E-state index contributed by atoms with van der Waals surface area (Å²) < 4.78 is 27.7. The van der Waals surface area contributed by atoms with Crippen molar-refractivity contribution in [1.82, 2.24) is 10.2 Å². The number of anilines is 2. The zero-order valence-electron chi connectivity index (χ0n) is 16.0. The third-order valence-electron chi connectivity index (χ3n) is 5.10. The van der Waals surface area contributed by atoms with E-state index in [0.29, 0.717) is 22.5 Å². The Morgan fingerprint density at radius 3 is 2.57 bits per heavy atom. The smallest absolute Gasteiger partial charge is 0.229 e. The van der Waals surface area contributed by atoms with Gasteiger partial charge in [0.25, 0.3) is 0 Å². The van der Waals surface area contributed by atoms with E-state index in [-0.39, 0.29) is 23.3 Å². The third kappa shape index (κ3) is 4.64. The van der Waals surface area contributed by atoms with Crippen LogP contribution in [0.4, 0.5) is 20.3 Å². The van der Waals surface area contributed by atoms with E-state index in [2.05, 4.69) is 31.4 Å². The molecular weight excluding hydrogens is 454 g/mol. The number of amides is 1. The quantitative estimate of drug-likeness (QED) is 0.577. The van der Waals surface area contributed by atoms with Crippen molar-refractivity contribution in [3.63, 3.8) is 0 Å². The van der Waals surface area contributed by atoms with Gasteiger partial charge in [0.1, 0.15) is 11.6 Å². The van der Waals surface area contributed by atoms with Crippen molar-refractivity contribution in [3.8, 4) is 11.3 Å². The van der Waals surface area contributed by atoms with Crippen molar-refractivity contribution >= 4 is 33.3 Å². The van der Waals surface area contributed by atoms with Gasteiger partial charge in [0, 0.05) is 23.1 Å². The van der Waals surface area contributed by atoms with Gasteiger partial charge in [-0.1, -0.05) is 15.9 Å². The minimum Gasteiger partial charge on any atom is -0.354 e. The molecule has 1 aliphatic heterocycles. The standard InChI is InChI=1S/C22H19BrF2N4O/c23-16-5-8-20(18(25)12-16)26-22(30)15-2-1-11-29(13-15)21-10-9-19(27-28-21)14-3-6-17(24)7-4-14/h3-10,12,15H,1-2,11,13H2,(H,26,30). The molecular formula is C22H19BrF2N4O. The highest BCUT2D eigenvalue weighted by Gasteiger charge is 2.27. The Hall–Kier alpha value is -2.87. The average molecular weight is 473 g/mol. The number of aromatic nitrogens is 2. The SMILES string of the molecule is O=C(Nc1ccc(Br)cc1F)C1CCCN(c2ccc(-c3ccc(F)cc3)nn2)C1. The summed E-state index contributed by atoms with van der Waals surface area (Å²) in [5, 5.41) is 11.2. The molecule has 2 heterocycles. The van der Waals surface area contributed by atoms with Crippen LogP contribution in [0.2, 0.25) is 0 Å². The largest absolute Gasteiger partial charge is 0.354 e. The fourth-order valence-electron chi connectivity index (χ4n) is 3.49. The summed E-state index contributed by atoms with van der Waals surface area (Å²) in [7, 11) is 0. The molecule has 0 saturated carbocycles. The Morgan fingerprint density at radius 1 is 1.07 bits per heavy atom. The van der Waals surface area contributed by atoms with Crippen LogP contribution in [-0.4, -0.2) is 29.2 Å². The molecule has 30 heavy (non-hydrogen) atoms. The van der Waals surface area contributed by atoms with Gasteiger partial charge in [-0.25, -0.2) is 8.78 Å². The van der Waals surface area contributed by atoms with Gasteiger partial charge in [-0.2, -0.15) is 0 Å².